The van der Waals surface area contributed by atoms with Crippen LogP contribution in [0.1, 0.15) is 36.4 Å². The quantitative estimate of drug-likeness (QED) is 0.685. The zero-order chi connectivity index (χ0) is 14.0. The van der Waals surface area contributed by atoms with Crippen molar-refractivity contribution in [2.75, 3.05) is 0 Å². The van der Waals surface area contributed by atoms with Gasteiger partial charge in [0.1, 0.15) is 0 Å². The Labute approximate surface area is 111 Å². The molecular weight excluding hydrogens is 220 g/mol. The fourth-order valence-electron chi connectivity index (χ4n) is 1.37. The fourth-order valence-corrected chi connectivity index (χ4v) is 1.37. The van der Waals surface area contributed by atoms with Crippen molar-refractivity contribution in [2.45, 2.75) is 41.5 Å². The first-order valence-corrected chi connectivity index (χ1v) is 6.36. The van der Waals surface area contributed by atoms with Gasteiger partial charge in [-0.15, -0.1) is 0 Å². The number of rotatable bonds is 0. The first-order valence-electron chi connectivity index (χ1n) is 6.36. The Morgan fingerprint density at radius 3 is 1.17 bits per heavy atom. The molecule has 2 heterocycles. The Bertz CT molecular complexity index is 372. The van der Waals surface area contributed by atoms with Gasteiger partial charge in [-0.2, -0.15) is 0 Å². The minimum absolute atomic E-state index is 1.09. The molecule has 18 heavy (non-hydrogen) atoms. The second kappa shape index (κ2) is 9.34. The zero-order valence-corrected chi connectivity index (χ0v) is 12.4. The summed E-state index contributed by atoms with van der Waals surface area (Å²) in [5.41, 5.74) is 4.73. The average Bonchev–Trinajstić information content (AvgIpc) is 2.31. The van der Waals surface area contributed by atoms with E-state index in [9.17, 15) is 0 Å². The van der Waals surface area contributed by atoms with Crippen LogP contribution in [0.25, 0.3) is 0 Å². The molecular formula is C16H24N2. The summed E-state index contributed by atoms with van der Waals surface area (Å²) in [6.45, 7) is 12.1. The van der Waals surface area contributed by atoms with Crippen molar-refractivity contribution in [1.29, 1.82) is 0 Å². The SMILES string of the molecule is CC.Cc1ccnc(C)c1.Cc1ccnc(C)c1. The molecule has 0 amide bonds. The summed E-state index contributed by atoms with van der Waals surface area (Å²) in [5.74, 6) is 0. The molecule has 2 heteroatoms. The van der Waals surface area contributed by atoms with Crippen LogP contribution in [-0.4, -0.2) is 9.97 Å². The van der Waals surface area contributed by atoms with Gasteiger partial charge in [-0.1, -0.05) is 13.8 Å². The summed E-state index contributed by atoms with van der Waals surface area (Å²) in [5, 5.41) is 0. The van der Waals surface area contributed by atoms with Gasteiger partial charge >= 0.3 is 0 Å². The van der Waals surface area contributed by atoms with Crippen molar-refractivity contribution in [3.8, 4) is 0 Å². The summed E-state index contributed by atoms with van der Waals surface area (Å²) in [6.07, 6.45) is 3.65. The Balaban J connectivity index is 0.000000283. The maximum absolute atomic E-state index is 4.04. The Morgan fingerprint density at radius 2 is 1.00 bits per heavy atom. The number of hydrogen-bond donors (Lipinski definition) is 0. The number of aryl methyl sites for hydroxylation is 4. The predicted molar refractivity (Wildman–Crippen MR) is 78.8 cm³/mol. The van der Waals surface area contributed by atoms with Gasteiger partial charge in [0.05, 0.1) is 0 Å². The molecule has 0 saturated carbocycles. The average molecular weight is 244 g/mol. The van der Waals surface area contributed by atoms with Gasteiger partial charge in [0, 0.05) is 23.8 Å². The monoisotopic (exact) mass is 244 g/mol. The van der Waals surface area contributed by atoms with Crippen LogP contribution in [0.15, 0.2) is 36.7 Å². The second-order valence-corrected chi connectivity index (χ2v) is 3.95. The van der Waals surface area contributed by atoms with Gasteiger partial charge in [-0.3, -0.25) is 9.97 Å². The third kappa shape index (κ3) is 7.55. The lowest BCUT2D eigenvalue weighted by atomic mass is 10.3. The van der Waals surface area contributed by atoms with E-state index in [2.05, 4.69) is 35.9 Å². The van der Waals surface area contributed by atoms with E-state index in [1.165, 1.54) is 11.1 Å². The van der Waals surface area contributed by atoms with E-state index in [1.807, 2.05) is 52.2 Å². The maximum atomic E-state index is 4.04. The van der Waals surface area contributed by atoms with Gasteiger partial charge in [0.25, 0.3) is 0 Å². The third-order valence-electron chi connectivity index (χ3n) is 2.10. The van der Waals surface area contributed by atoms with E-state index >= 15 is 0 Å². The molecule has 0 atom stereocenters. The number of hydrogen-bond acceptors (Lipinski definition) is 2. The molecule has 0 spiro atoms. The third-order valence-corrected chi connectivity index (χ3v) is 2.10. The van der Waals surface area contributed by atoms with Gasteiger partial charge in [-0.05, 0) is 63.1 Å². The molecule has 0 unspecified atom stereocenters. The van der Waals surface area contributed by atoms with Crippen molar-refractivity contribution in [2.24, 2.45) is 0 Å². The molecule has 2 aromatic heterocycles. The Kier molecular flexibility index (Phi) is 8.46. The zero-order valence-electron chi connectivity index (χ0n) is 12.4. The van der Waals surface area contributed by atoms with E-state index in [4.69, 9.17) is 0 Å². The molecule has 0 saturated heterocycles. The maximum Gasteiger partial charge on any atom is 0.0375 e. The summed E-state index contributed by atoms with van der Waals surface area (Å²) >= 11 is 0. The van der Waals surface area contributed by atoms with Gasteiger partial charge in [-0.25, -0.2) is 0 Å². The summed E-state index contributed by atoms with van der Waals surface area (Å²) < 4.78 is 0. The smallest absolute Gasteiger partial charge is 0.0375 e. The lowest BCUT2D eigenvalue weighted by Crippen LogP contribution is -1.78. The van der Waals surface area contributed by atoms with Crippen LogP contribution in [0.3, 0.4) is 0 Å². The lowest BCUT2D eigenvalue weighted by molar-refractivity contribution is 1.18. The van der Waals surface area contributed by atoms with Crippen molar-refractivity contribution in [1.82, 2.24) is 9.97 Å². The summed E-state index contributed by atoms with van der Waals surface area (Å²) in [7, 11) is 0. The van der Waals surface area contributed by atoms with E-state index in [0.29, 0.717) is 0 Å². The van der Waals surface area contributed by atoms with E-state index in [-0.39, 0.29) is 0 Å². The van der Waals surface area contributed by atoms with Crippen molar-refractivity contribution in [3.05, 3.63) is 59.2 Å². The summed E-state index contributed by atoms with van der Waals surface area (Å²) in [6, 6.07) is 8.10. The normalized spacial score (nSPS) is 8.56. The standard InChI is InChI=1S/2C7H9N.C2H6/c2*1-6-3-4-8-7(2)5-6;1-2/h2*3-5H,1-2H3;1-2H3. The molecule has 0 fully saturated rings. The Hall–Kier alpha value is -1.70. The summed E-state index contributed by atoms with van der Waals surface area (Å²) in [4.78, 5) is 8.08. The minimum Gasteiger partial charge on any atom is -0.262 e. The van der Waals surface area contributed by atoms with Crippen molar-refractivity contribution in [3.63, 3.8) is 0 Å². The highest BCUT2D eigenvalue weighted by Crippen LogP contribution is 1.96. The Morgan fingerprint density at radius 1 is 0.667 bits per heavy atom. The van der Waals surface area contributed by atoms with Crippen LogP contribution in [0.2, 0.25) is 0 Å². The predicted octanol–water partition coefficient (Wildman–Crippen LogP) is 4.42. The molecule has 0 aliphatic rings. The second-order valence-electron chi connectivity index (χ2n) is 3.95. The van der Waals surface area contributed by atoms with Crippen LogP contribution < -0.4 is 0 Å². The first-order chi connectivity index (χ1) is 8.58. The van der Waals surface area contributed by atoms with Gasteiger partial charge in [0.2, 0.25) is 0 Å². The molecule has 0 radical (unpaired) electrons. The highest BCUT2D eigenvalue weighted by atomic mass is 14.6. The molecule has 0 aliphatic carbocycles. The largest absolute Gasteiger partial charge is 0.262 e. The van der Waals surface area contributed by atoms with Crippen LogP contribution >= 0.6 is 0 Å². The van der Waals surface area contributed by atoms with E-state index in [0.717, 1.165) is 11.4 Å². The van der Waals surface area contributed by atoms with Crippen LogP contribution in [0, 0.1) is 27.7 Å². The molecule has 2 rings (SSSR count). The number of aromatic nitrogens is 2. The molecule has 0 N–H and O–H groups in total. The van der Waals surface area contributed by atoms with Crippen molar-refractivity contribution >= 4 is 0 Å². The number of pyridine rings is 2. The highest BCUT2D eigenvalue weighted by molar-refractivity contribution is 5.13. The van der Waals surface area contributed by atoms with E-state index in [1.54, 1.807) is 0 Å². The highest BCUT2D eigenvalue weighted by Gasteiger charge is 1.82. The molecule has 2 aromatic rings. The van der Waals surface area contributed by atoms with Crippen LogP contribution in [0.5, 0.6) is 0 Å². The molecule has 2 nitrogen and oxygen atoms in total. The fraction of sp³-hybridized carbons (Fsp3) is 0.375. The topological polar surface area (TPSA) is 25.8 Å². The van der Waals surface area contributed by atoms with Crippen molar-refractivity contribution < 1.29 is 0 Å². The molecule has 0 aliphatic heterocycles. The van der Waals surface area contributed by atoms with Gasteiger partial charge < -0.3 is 0 Å². The molecule has 0 bridgehead atoms. The van der Waals surface area contributed by atoms with Crippen LogP contribution in [-0.2, 0) is 0 Å². The van der Waals surface area contributed by atoms with Gasteiger partial charge in [0.15, 0.2) is 0 Å². The minimum atomic E-state index is 1.09. The number of nitrogens with zero attached hydrogens (tertiary/aromatic N) is 2. The molecule has 98 valence electrons. The first kappa shape index (κ1) is 16.3. The molecule has 0 aromatic carbocycles. The lowest BCUT2D eigenvalue weighted by Gasteiger charge is -1.90. The van der Waals surface area contributed by atoms with E-state index < -0.39 is 0 Å². The van der Waals surface area contributed by atoms with Crippen LogP contribution in [0.4, 0.5) is 0 Å².